The maximum Gasteiger partial charge on any atom is 0.0272 e. The SMILES string of the molecule is CC1(C)c2ccccc2-c2ccc(-c3c4ccccc4c(-c4ccc(-c5ccc(-c6ccc7c(c6)C6(c8ccccc8-7)C7CC8CC(C7)CC6C8)cc5)c5ccccc45)c4ccccc34)cc21. The van der Waals surface area contributed by atoms with E-state index in [0.717, 1.165) is 23.7 Å². The van der Waals surface area contributed by atoms with Crippen LogP contribution in [0.15, 0.2) is 194 Å². The molecular weight excluding hydrogens is 805 g/mol. The van der Waals surface area contributed by atoms with Gasteiger partial charge in [-0.25, -0.2) is 0 Å². The second kappa shape index (κ2) is 13.8. The zero-order chi connectivity index (χ0) is 44.2. The van der Waals surface area contributed by atoms with Crippen molar-refractivity contribution in [3.63, 3.8) is 0 Å². The van der Waals surface area contributed by atoms with Gasteiger partial charge in [-0.2, -0.15) is 0 Å². The van der Waals surface area contributed by atoms with Gasteiger partial charge in [0.2, 0.25) is 0 Å². The molecule has 0 unspecified atom stereocenters. The van der Waals surface area contributed by atoms with Crippen LogP contribution < -0.4 is 0 Å². The molecule has 0 atom stereocenters. The molecule has 0 nitrogen and oxygen atoms in total. The molecule has 4 bridgehead atoms. The summed E-state index contributed by atoms with van der Waals surface area (Å²) < 4.78 is 0. The van der Waals surface area contributed by atoms with Gasteiger partial charge in [0.1, 0.15) is 0 Å². The molecule has 0 aliphatic heterocycles. The summed E-state index contributed by atoms with van der Waals surface area (Å²) >= 11 is 0. The smallest absolute Gasteiger partial charge is 0.0272 e. The molecule has 0 radical (unpaired) electrons. The van der Waals surface area contributed by atoms with Gasteiger partial charge in [-0.1, -0.05) is 196 Å². The highest BCUT2D eigenvalue weighted by Crippen LogP contribution is 2.69. The Labute approximate surface area is 394 Å². The van der Waals surface area contributed by atoms with Crippen molar-refractivity contribution in [2.45, 2.75) is 56.8 Å². The molecule has 0 aromatic heterocycles. The Morgan fingerprint density at radius 3 is 1.36 bits per heavy atom. The van der Waals surface area contributed by atoms with E-state index < -0.39 is 0 Å². The zero-order valence-corrected chi connectivity index (χ0v) is 38.3. The maximum atomic E-state index is 2.63. The van der Waals surface area contributed by atoms with Crippen molar-refractivity contribution >= 4 is 32.3 Å². The van der Waals surface area contributed by atoms with E-state index in [-0.39, 0.29) is 10.8 Å². The summed E-state index contributed by atoms with van der Waals surface area (Å²) in [5, 5.41) is 7.72. The fraction of sp³-hybridized carbons (Fsp3) is 0.194. The molecule has 16 rings (SSSR count). The summed E-state index contributed by atoms with van der Waals surface area (Å²) in [5.41, 5.74) is 22.2. The van der Waals surface area contributed by atoms with E-state index in [0.29, 0.717) is 0 Å². The number of hydrogen-bond donors (Lipinski definition) is 0. The van der Waals surface area contributed by atoms with Crippen LogP contribution in [0.2, 0.25) is 0 Å². The quantitative estimate of drug-likeness (QED) is 0.155. The number of fused-ring (bicyclic) bond motifs is 9. The Morgan fingerprint density at radius 2 is 0.716 bits per heavy atom. The van der Waals surface area contributed by atoms with Crippen molar-refractivity contribution in [3.8, 4) is 66.8 Å². The van der Waals surface area contributed by atoms with Gasteiger partial charge in [-0.3, -0.25) is 0 Å². The summed E-state index contributed by atoms with van der Waals surface area (Å²) in [6, 6.07) is 74.7. The lowest BCUT2D eigenvalue weighted by molar-refractivity contribution is -0.0399. The van der Waals surface area contributed by atoms with Crippen LogP contribution in [-0.2, 0) is 10.8 Å². The molecule has 6 aliphatic carbocycles. The number of rotatable bonds is 4. The normalized spacial score (nSPS) is 22.4. The minimum atomic E-state index is -0.0688. The zero-order valence-electron chi connectivity index (χ0n) is 38.3. The highest BCUT2D eigenvalue weighted by Gasteiger charge is 2.61. The van der Waals surface area contributed by atoms with E-state index in [1.54, 1.807) is 11.1 Å². The Bertz CT molecular complexity index is 3640. The maximum absolute atomic E-state index is 2.63. The first-order valence-electron chi connectivity index (χ1n) is 25.0. The fourth-order valence-electron chi connectivity index (χ4n) is 15.5. The first kappa shape index (κ1) is 38.1. The molecule has 0 heterocycles. The van der Waals surface area contributed by atoms with E-state index in [2.05, 4.69) is 208 Å². The molecule has 1 spiro atoms. The van der Waals surface area contributed by atoms with Crippen LogP contribution in [0.5, 0.6) is 0 Å². The minimum absolute atomic E-state index is 0.0688. The standard InChI is InChI=1S/C67H52/c1-66(2)60-21-11-9-15-51(60)53-30-28-45(39-62(53)66)64-55-17-5-7-19-57(55)65(58-20-8-6-18-56(58)64)59-32-31-48(49-13-3-4-14-50(49)59)43-25-23-42(24-26-43)44-27-29-54-52-16-10-12-22-61(52)67(63(54)38-44)46-34-40-33-41(36-46)37-47(67)35-40/h3-32,38-41,46-47H,33-37H2,1-2H3. The Hall–Kier alpha value is -7.02. The third kappa shape index (κ3) is 5.14. The minimum Gasteiger partial charge on any atom is -0.0619 e. The summed E-state index contributed by atoms with van der Waals surface area (Å²) in [4.78, 5) is 0. The second-order valence-corrected chi connectivity index (χ2v) is 21.5. The Balaban J connectivity index is 0.837. The van der Waals surface area contributed by atoms with Crippen LogP contribution in [0.4, 0.5) is 0 Å². The highest BCUT2D eigenvalue weighted by atomic mass is 14.6. The van der Waals surface area contributed by atoms with Crippen LogP contribution in [-0.4, -0.2) is 0 Å². The third-order valence-electron chi connectivity index (χ3n) is 18.1. The largest absolute Gasteiger partial charge is 0.0619 e. The van der Waals surface area contributed by atoms with E-state index in [1.807, 2.05) is 0 Å². The van der Waals surface area contributed by atoms with Crippen molar-refractivity contribution in [3.05, 3.63) is 216 Å². The molecule has 0 amide bonds. The van der Waals surface area contributed by atoms with Gasteiger partial charge in [0.25, 0.3) is 0 Å². The fourth-order valence-corrected chi connectivity index (χ4v) is 15.5. The Morgan fingerprint density at radius 1 is 0.299 bits per heavy atom. The van der Waals surface area contributed by atoms with Crippen molar-refractivity contribution in [2.75, 3.05) is 0 Å². The van der Waals surface area contributed by atoms with E-state index in [4.69, 9.17) is 0 Å². The van der Waals surface area contributed by atoms with Gasteiger partial charge in [-0.05, 0) is 189 Å². The predicted molar refractivity (Wildman–Crippen MR) is 282 cm³/mol. The van der Waals surface area contributed by atoms with E-state index >= 15 is 0 Å². The van der Waals surface area contributed by atoms with Gasteiger partial charge in [0.05, 0.1) is 0 Å². The van der Waals surface area contributed by atoms with Crippen LogP contribution >= 0.6 is 0 Å². The molecule has 10 aromatic carbocycles. The molecule has 4 fully saturated rings. The van der Waals surface area contributed by atoms with Gasteiger partial charge in [0, 0.05) is 10.8 Å². The van der Waals surface area contributed by atoms with E-state index in [9.17, 15) is 0 Å². The molecule has 0 heteroatoms. The second-order valence-electron chi connectivity index (χ2n) is 21.5. The topological polar surface area (TPSA) is 0 Å². The number of benzene rings is 10. The van der Waals surface area contributed by atoms with Crippen molar-refractivity contribution in [2.24, 2.45) is 23.7 Å². The van der Waals surface area contributed by atoms with Crippen LogP contribution in [0.1, 0.15) is 68.2 Å². The lowest BCUT2D eigenvalue weighted by atomic mass is 9.43. The van der Waals surface area contributed by atoms with Gasteiger partial charge in [0.15, 0.2) is 0 Å². The van der Waals surface area contributed by atoms with Crippen molar-refractivity contribution in [1.29, 1.82) is 0 Å². The summed E-state index contributed by atoms with van der Waals surface area (Å²) in [6.45, 7) is 4.77. The van der Waals surface area contributed by atoms with Crippen molar-refractivity contribution < 1.29 is 0 Å². The monoisotopic (exact) mass is 856 g/mol. The van der Waals surface area contributed by atoms with Crippen LogP contribution in [0.3, 0.4) is 0 Å². The molecule has 0 N–H and O–H groups in total. The molecule has 320 valence electrons. The highest BCUT2D eigenvalue weighted by molar-refractivity contribution is 6.24. The molecule has 0 saturated heterocycles. The first-order chi connectivity index (χ1) is 32.9. The lowest BCUT2D eigenvalue weighted by Crippen LogP contribution is -2.55. The molecule has 67 heavy (non-hydrogen) atoms. The van der Waals surface area contributed by atoms with Crippen LogP contribution in [0.25, 0.3) is 99.1 Å². The summed E-state index contributed by atoms with van der Waals surface area (Å²) in [6.07, 6.45) is 7.12. The molecular formula is C67H52. The van der Waals surface area contributed by atoms with Crippen molar-refractivity contribution in [1.82, 2.24) is 0 Å². The van der Waals surface area contributed by atoms with Gasteiger partial charge in [-0.15, -0.1) is 0 Å². The Kier molecular flexibility index (Phi) is 7.84. The summed E-state index contributed by atoms with van der Waals surface area (Å²) in [5.74, 6) is 3.42. The first-order valence-corrected chi connectivity index (χ1v) is 25.0. The van der Waals surface area contributed by atoms with Gasteiger partial charge < -0.3 is 0 Å². The van der Waals surface area contributed by atoms with Gasteiger partial charge >= 0.3 is 0 Å². The average molecular weight is 857 g/mol. The van der Waals surface area contributed by atoms with E-state index in [1.165, 1.54) is 142 Å². The molecule has 4 saturated carbocycles. The molecule has 6 aliphatic rings. The third-order valence-corrected chi connectivity index (χ3v) is 18.1. The lowest BCUT2D eigenvalue weighted by Gasteiger charge is -2.61. The predicted octanol–water partition coefficient (Wildman–Crippen LogP) is 17.8. The number of hydrogen-bond acceptors (Lipinski definition) is 0. The van der Waals surface area contributed by atoms with Crippen LogP contribution in [0, 0.1) is 23.7 Å². The summed E-state index contributed by atoms with van der Waals surface area (Å²) in [7, 11) is 0. The molecule has 10 aromatic rings. The average Bonchev–Trinajstić information content (AvgIpc) is 3.79.